The van der Waals surface area contributed by atoms with Gasteiger partial charge < -0.3 is 0 Å². The molecule has 4 heteroatoms. The fraction of sp³-hybridized carbons (Fsp3) is 0. The lowest BCUT2D eigenvalue weighted by atomic mass is 10.2. The van der Waals surface area contributed by atoms with Crippen LogP contribution in [0.25, 0.3) is 0 Å². The molecule has 0 aliphatic rings. The number of nitrogens with zero attached hydrogens (tertiary/aromatic N) is 3. The van der Waals surface area contributed by atoms with E-state index in [0.29, 0.717) is 10.7 Å². The Morgan fingerprint density at radius 2 is 1.93 bits per heavy atom. The highest BCUT2D eigenvalue weighted by atomic mass is 32.2. The molecule has 0 fully saturated rings. The van der Waals surface area contributed by atoms with Crippen LogP contribution in [0.1, 0.15) is 5.56 Å². The van der Waals surface area contributed by atoms with Gasteiger partial charge in [0.05, 0.1) is 11.6 Å². The largest absolute Gasteiger partial charge is 0.231 e. The minimum atomic E-state index is 0.649. The third-order valence-electron chi connectivity index (χ3n) is 1.71. The molecule has 0 N–H and O–H groups in total. The van der Waals surface area contributed by atoms with Crippen LogP contribution in [0, 0.1) is 11.3 Å². The molecule has 2 rings (SSSR count). The van der Waals surface area contributed by atoms with Crippen LogP contribution in [0.5, 0.6) is 0 Å². The van der Waals surface area contributed by atoms with Crippen molar-refractivity contribution in [1.82, 2.24) is 9.97 Å². The Bertz CT molecular complexity index is 491. The minimum absolute atomic E-state index is 0.649. The lowest BCUT2D eigenvalue weighted by Gasteiger charge is -1.98. The SMILES string of the molecule is N#Cc1cccc(Sc2ncccn2)c1. The van der Waals surface area contributed by atoms with Crippen molar-refractivity contribution >= 4 is 11.8 Å². The first-order valence-electron chi connectivity index (χ1n) is 4.33. The topological polar surface area (TPSA) is 49.6 Å². The molecule has 0 bridgehead atoms. The van der Waals surface area contributed by atoms with E-state index in [1.54, 1.807) is 24.5 Å². The van der Waals surface area contributed by atoms with E-state index in [1.807, 2.05) is 18.2 Å². The molecule has 0 aliphatic heterocycles. The second kappa shape index (κ2) is 4.58. The molecule has 3 nitrogen and oxygen atoms in total. The van der Waals surface area contributed by atoms with Crippen LogP contribution in [0.4, 0.5) is 0 Å². The highest BCUT2D eigenvalue weighted by Gasteiger charge is 1.99. The molecule has 2 aromatic rings. The van der Waals surface area contributed by atoms with Crippen LogP contribution in [-0.4, -0.2) is 9.97 Å². The van der Waals surface area contributed by atoms with E-state index in [4.69, 9.17) is 5.26 Å². The van der Waals surface area contributed by atoms with Gasteiger partial charge in [-0.2, -0.15) is 5.26 Å². The van der Waals surface area contributed by atoms with Crippen molar-refractivity contribution < 1.29 is 0 Å². The molecule has 15 heavy (non-hydrogen) atoms. The van der Waals surface area contributed by atoms with Crippen molar-refractivity contribution in [2.45, 2.75) is 10.1 Å². The van der Waals surface area contributed by atoms with E-state index >= 15 is 0 Å². The molecule has 0 saturated carbocycles. The number of benzene rings is 1. The zero-order valence-corrected chi connectivity index (χ0v) is 8.61. The van der Waals surface area contributed by atoms with Gasteiger partial charge in [-0.15, -0.1) is 0 Å². The second-order valence-corrected chi connectivity index (χ2v) is 3.81. The summed E-state index contributed by atoms with van der Waals surface area (Å²) in [6, 6.07) is 11.3. The van der Waals surface area contributed by atoms with Crippen molar-refractivity contribution in [2.75, 3.05) is 0 Å². The fourth-order valence-corrected chi connectivity index (χ4v) is 1.84. The summed E-state index contributed by atoms with van der Waals surface area (Å²) in [5, 5.41) is 9.43. The summed E-state index contributed by atoms with van der Waals surface area (Å²) in [4.78, 5) is 9.17. The summed E-state index contributed by atoms with van der Waals surface area (Å²) in [6.07, 6.45) is 3.40. The zero-order valence-electron chi connectivity index (χ0n) is 7.79. The summed E-state index contributed by atoms with van der Waals surface area (Å²) < 4.78 is 0. The molecule has 0 atom stereocenters. The highest BCUT2D eigenvalue weighted by molar-refractivity contribution is 7.99. The van der Waals surface area contributed by atoms with E-state index in [9.17, 15) is 0 Å². The van der Waals surface area contributed by atoms with Crippen LogP contribution in [-0.2, 0) is 0 Å². The van der Waals surface area contributed by atoms with Gasteiger partial charge in [0.25, 0.3) is 0 Å². The Morgan fingerprint density at radius 1 is 1.13 bits per heavy atom. The van der Waals surface area contributed by atoms with Gasteiger partial charge in [0.15, 0.2) is 5.16 Å². The van der Waals surface area contributed by atoms with Crippen molar-refractivity contribution in [3.05, 3.63) is 48.3 Å². The van der Waals surface area contributed by atoms with Crippen LogP contribution in [0.15, 0.2) is 52.8 Å². The number of nitriles is 1. The standard InChI is InChI=1S/C11H7N3S/c12-8-9-3-1-4-10(7-9)15-11-13-5-2-6-14-11/h1-7H. The fourth-order valence-electron chi connectivity index (χ4n) is 1.07. The summed E-state index contributed by atoms with van der Waals surface area (Å²) in [7, 11) is 0. The van der Waals surface area contributed by atoms with E-state index in [0.717, 1.165) is 4.90 Å². The van der Waals surface area contributed by atoms with Gasteiger partial charge >= 0.3 is 0 Å². The van der Waals surface area contributed by atoms with Gasteiger partial charge in [-0.1, -0.05) is 6.07 Å². The molecule has 0 aliphatic carbocycles. The minimum Gasteiger partial charge on any atom is -0.231 e. The molecule has 1 aromatic carbocycles. The lowest BCUT2D eigenvalue weighted by molar-refractivity contribution is 0.967. The summed E-state index contributed by atoms with van der Waals surface area (Å²) >= 11 is 1.44. The molecule has 0 saturated heterocycles. The first-order valence-corrected chi connectivity index (χ1v) is 5.15. The lowest BCUT2D eigenvalue weighted by Crippen LogP contribution is -1.83. The van der Waals surface area contributed by atoms with Crippen molar-refractivity contribution in [3.8, 4) is 6.07 Å². The predicted molar refractivity (Wildman–Crippen MR) is 57.3 cm³/mol. The molecule has 72 valence electrons. The van der Waals surface area contributed by atoms with Crippen molar-refractivity contribution in [1.29, 1.82) is 5.26 Å². The van der Waals surface area contributed by atoms with E-state index < -0.39 is 0 Å². The average Bonchev–Trinajstić information content (AvgIpc) is 2.31. The Balaban J connectivity index is 2.22. The molecule has 1 aromatic heterocycles. The van der Waals surface area contributed by atoms with Crippen LogP contribution < -0.4 is 0 Å². The third kappa shape index (κ3) is 2.55. The van der Waals surface area contributed by atoms with Gasteiger partial charge in [-0.25, -0.2) is 9.97 Å². The smallest absolute Gasteiger partial charge is 0.192 e. The Labute approximate surface area is 91.8 Å². The Hall–Kier alpha value is -1.86. The second-order valence-electron chi connectivity index (χ2n) is 2.77. The van der Waals surface area contributed by atoms with E-state index in [2.05, 4.69) is 16.0 Å². The molecular weight excluding hydrogens is 206 g/mol. The highest BCUT2D eigenvalue weighted by Crippen LogP contribution is 2.24. The molecule has 0 spiro atoms. The van der Waals surface area contributed by atoms with Gasteiger partial charge in [0, 0.05) is 17.3 Å². The quantitative estimate of drug-likeness (QED) is 0.719. The zero-order chi connectivity index (χ0) is 10.5. The Kier molecular flexibility index (Phi) is 2.96. The first kappa shape index (κ1) is 9.69. The summed E-state index contributed by atoms with van der Waals surface area (Å²) in [5.41, 5.74) is 0.649. The maximum atomic E-state index is 8.74. The van der Waals surface area contributed by atoms with Gasteiger partial charge in [0.2, 0.25) is 0 Å². The molecule has 0 radical (unpaired) electrons. The van der Waals surface area contributed by atoms with Crippen LogP contribution >= 0.6 is 11.8 Å². The summed E-state index contributed by atoms with van der Waals surface area (Å²) in [6.45, 7) is 0. The molecule has 0 unspecified atom stereocenters. The number of rotatable bonds is 2. The molecule has 1 heterocycles. The van der Waals surface area contributed by atoms with Gasteiger partial charge in [-0.3, -0.25) is 0 Å². The number of aromatic nitrogens is 2. The normalized spacial score (nSPS) is 9.53. The predicted octanol–water partition coefficient (Wildman–Crippen LogP) is 2.50. The number of hydrogen-bond donors (Lipinski definition) is 0. The first-order chi connectivity index (χ1) is 7.38. The summed E-state index contributed by atoms with van der Waals surface area (Å²) in [5.74, 6) is 0. The number of hydrogen-bond acceptors (Lipinski definition) is 4. The monoisotopic (exact) mass is 213 g/mol. The average molecular weight is 213 g/mol. The third-order valence-corrected chi connectivity index (χ3v) is 2.60. The Morgan fingerprint density at radius 3 is 2.67 bits per heavy atom. The van der Waals surface area contributed by atoms with E-state index in [-0.39, 0.29) is 0 Å². The van der Waals surface area contributed by atoms with Crippen LogP contribution in [0.2, 0.25) is 0 Å². The van der Waals surface area contributed by atoms with Gasteiger partial charge in [-0.05, 0) is 36.0 Å². The molecule has 0 amide bonds. The van der Waals surface area contributed by atoms with Crippen molar-refractivity contribution in [2.24, 2.45) is 0 Å². The van der Waals surface area contributed by atoms with E-state index in [1.165, 1.54) is 11.8 Å². The van der Waals surface area contributed by atoms with Crippen molar-refractivity contribution in [3.63, 3.8) is 0 Å². The molecular formula is C11H7N3S. The maximum Gasteiger partial charge on any atom is 0.192 e. The maximum absolute atomic E-state index is 8.74. The van der Waals surface area contributed by atoms with Crippen LogP contribution in [0.3, 0.4) is 0 Å². The van der Waals surface area contributed by atoms with Gasteiger partial charge in [0.1, 0.15) is 0 Å².